The van der Waals surface area contributed by atoms with Crippen LogP contribution in [-0.2, 0) is 11.2 Å². The van der Waals surface area contributed by atoms with E-state index in [1.54, 1.807) is 0 Å². The van der Waals surface area contributed by atoms with Crippen LogP contribution in [0.4, 0.5) is 5.69 Å². The fourth-order valence-corrected chi connectivity index (χ4v) is 3.95. The zero-order valence-corrected chi connectivity index (χ0v) is 15.1. The molecule has 1 fully saturated rings. The van der Waals surface area contributed by atoms with E-state index in [-0.39, 0.29) is 12.4 Å². The molecule has 0 bridgehead atoms. The van der Waals surface area contributed by atoms with Crippen LogP contribution < -0.4 is 10.2 Å². The molecule has 1 N–H and O–H groups in total. The lowest BCUT2D eigenvalue weighted by Gasteiger charge is -2.33. The van der Waals surface area contributed by atoms with Crippen LogP contribution in [-0.4, -0.2) is 25.5 Å². The lowest BCUT2D eigenvalue weighted by Crippen LogP contribution is -2.38. The molecule has 2 heterocycles. The first-order valence-electron chi connectivity index (χ1n) is 8.76. The van der Waals surface area contributed by atoms with Gasteiger partial charge in [-0.25, -0.2) is 0 Å². The summed E-state index contributed by atoms with van der Waals surface area (Å²) in [6.07, 6.45) is 5.31. The summed E-state index contributed by atoms with van der Waals surface area (Å²) in [6, 6.07) is 6.50. The second kappa shape index (κ2) is 8.16. The van der Waals surface area contributed by atoms with Crippen molar-refractivity contribution in [2.45, 2.75) is 46.0 Å². The van der Waals surface area contributed by atoms with E-state index in [1.165, 1.54) is 24.0 Å². The van der Waals surface area contributed by atoms with Gasteiger partial charge in [-0.2, -0.15) is 0 Å². The van der Waals surface area contributed by atoms with E-state index in [1.807, 2.05) is 4.90 Å². The molecule has 128 valence electrons. The van der Waals surface area contributed by atoms with Crippen LogP contribution in [0.25, 0.3) is 0 Å². The van der Waals surface area contributed by atoms with E-state index in [0.717, 1.165) is 38.2 Å². The number of piperidine rings is 1. The number of fused-ring (bicyclic) bond motifs is 1. The Kier molecular flexibility index (Phi) is 6.49. The van der Waals surface area contributed by atoms with Gasteiger partial charge in [-0.05, 0) is 69.2 Å². The van der Waals surface area contributed by atoms with Crippen LogP contribution in [0, 0.1) is 18.8 Å². The molecule has 2 aliphatic rings. The van der Waals surface area contributed by atoms with Crippen molar-refractivity contribution in [3.05, 3.63) is 29.3 Å². The minimum atomic E-state index is 0. The van der Waals surface area contributed by atoms with Gasteiger partial charge in [0.25, 0.3) is 0 Å². The highest BCUT2D eigenvalue weighted by Gasteiger charge is 2.27. The van der Waals surface area contributed by atoms with Crippen LogP contribution in [0.2, 0.25) is 0 Å². The van der Waals surface area contributed by atoms with Gasteiger partial charge >= 0.3 is 0 Å². The number of carbonyl (C=O) groups excluding carboxylic acids is 1. The van der Waals surface area contributed by atoms with Crippen molar-refractivity contribution < 1.29 is 4.79 Å². The average molecular weight is 337 g/mol. The molecule has 3 rings (SSSR count). The molecule has 0 radical (unpaired) electrons. The minimum absolute atomic E-state index is 0. The molecular weight excluding hydrogens is 308 g/mol. The first-order chi connectivity index (χ1) is 10.6. The monoisotopic (exact) mass is 336 g/mol. The number of halogens is 1. The second-order valence-electron chi connectivity index (χ2n) is 7.05. The third-order valence-corrected chi connectivity index (χ3v) is 5.34. The van der Waals surface area contributed by atoms with Gasteiger partial charge < -0.3 is 10.2 Å². The zero-order chi connectivity index (χ0) is 15.5. The average Bonchev–Trinajstić information content (AvgIpc) is 2.54. The maximum atomic E-state index is 12.8. The molecule has 1 atom stereocenters. The van der Waals surface area contributed by atoms with Gasteiger partial charge in [0.05, 0.1) is 0 Å². The minimum Gasteiger partial charge on any atom is -0.317 e. The largest absolute Gasteiger partial charge is 0.317 e. The Bertz CT molecular complexity index is 540. The zero-order valence-electron chi connectivity index (χ0n) is 14.3. The molecular formula is C19H29ClN2O. The van der Waals surface area contributed by atoms with Gasteiger partial charge in [0, 0.05) is 18.7 Å². The van der Waals surface area contributed by atoms with E-state index >= 15 is 0 Å². The Morgan fingerprint density at radius 3 is 2.83 bits per heavy atom. The standard InChI is InChI=1S/C19H28N2O.ClH/c1-14-5-6-18-17(12-14)4-3-11-21(18)19(22)13-15(2)16-7-9-20-10-8-16;/h5-6,12,15-16,20H,3-4,7-11,13H2,1-2H3;1H. The molecule has 0 aliphatic carbocycles. The number of nitrogens with one attached hydrogen (secondary N) is 1. The van der Waals surface area contributed by atoms with Gasteiger partial charge in [-0.1, -0.05) is 24.6 Å². The molecule has 0 spiro atoms. The molecule has 1 amide bonds. The van der Waals surface area contributed by atoms with Gasteiger partial charge in [-0.3, -0.25) is 4.79 Å². The van der Waals surface area contributed by atoms with Crippen molar-refractivity contribution in [3.8, 4) is 0 Å². The van der Waals surface area contributed by atoms with Crippen molar-refractivity contribution in [2.24, 2.45) is 11.8 Å². The Labute approximate surface area is 146 Å². The van der Waals surface area contributed by atoms with Crippen LogP contribution in [0.3, 0.4) is 0 Å². The number of anilines is 1. The first-order valence-corrected chi connectivity index (χ1v) is 8.76. The van der Waals surface area contributed by atoms with E-state index < -0.39 is 0 Å². The van der Waals surface area contributed by atoms with E-state index in [0.29, 0.717) is 24.2 Å². The third-order valence-electron chi connectivity index (χ3n) is 5.34. The smallest absolute Gasteiger partial charge is 0.227 e. The summed E-state index contributed by atoms with van der Waals surface area (Å²) in [6.45, 7) is 7.48. The highest BCUT2D eigenvalue weighted by Crippen LogP contribution is 2.31. The Morgan fingerprint density at radius 2 is 2.09 bits per heavy atom. The van der Waals surface area contributed by atoms with E-state index in [9.17, 15) is 4.79 Å². The Morgan fingerprint density at radius 1 is 1.35 bits per heavy atom. The quantitative estimate of drug-likeness (QED) is 0.912. The molecule has 1 unspecified atom stereocenters. The van der Waals surface area contributed by atoms with Crippen molar-refractivity contribution in [2.75, 3.05) is 24.5 Å². The summed E-state index contributed by atoms with van der Waals surface area (Å²) in [5, 5.41) is 3.41. The van der Waals surface area contributed by atoms with Crippen LogP contribution in [0.5, 0.6) is 0 Å². The van der Waals surface area contributed by atoms with Crippen molar-refractivity contribution >= 4 is 24.0 Å². The van der Waals surface area contributed by atoms with Gasteiger partial charge in [0.1, 0.15) is 0 Å². The summed E-state index contributed by atoms with van der Waals surface area (Å²) in [5.41, 5.74) is 3.78. The number of amides is 1. The SMILES string of the molecule is Cc1ccc2c(c1)CCCN2C(=O)CC(C)C1CCNCC1.Cl. The van der Waals surface area contributed by atoms with Gasteiger partial charge in [0.2, 0.25) is 5.91 Å². The number of benzene rings is 1. The Hall–Kier alpha value is -1.06. The lowest BCUT2D eigenvalue weighted by atomic mass is 9.83. The molecule has 1 aromatic rings. The lowest BCUT2D eigenvalue weighted by molar-refractivity contribution is -0.119. The molecule has 2 aliphatic heterocycles. The van der Waals surface area contributed by atoms with Crippen LogP contribution in [0.1, 0.15) is 43.7 Å². The van der Waals surface area contributed by atoms with Crippen molar-refractivity contribution in [1.29, 1.82) is 0 Å². The number of hydrogen-bond donors (Lipinski definition) is 1. The molecule has 3 nitrogen and oxygen atoms in total. The topological polar surface area (TPSA) is 32.3 Å². The number of aryl methyl sites for hydroxylation is 2. The fourth-order valence-electron chi connectivity index (χ4n) is 3.95. The van der Waals surface area contributed by atoms with Crippen molar-refractivity contribution in [1.82, 2.24) is 5.32 Å². The van der Waals surface area contributed by atoms with E-state index in [4.69, 9.17) is 0 Å². The third kappa shape index (κ3) is 4.27. The number of nitrogens with zero attached hydrogens (tertiary/aromatic N) is 1. The molecule has 23 heavy (non-hydrogen) atoms. The van der Waals surface area contributed by atoms with E-state index in [2.05, 4.69) is 37.4 Å². The highest BCUT2D eigenvalue weighted by atomic mass is 35.5. The summed E-state index contributed by atoms with van der Waals surface area (Å²) in [5.74, 6) is 1.51. The fraction of sp³-hybridized carbons (Fsp3) is 0.632. The summed E-state index contributed by atoms with van der Waals surface area (Å²) in [7, 11) is 0. The maximum Gasteiger partial charge on any atom is 0.227 e. The second-order valence-corrected chi connectivity index (χ2v) is 7.05. The molecule has 4 heteroatoms. The summed E-state index contributed by atoms with van der Waals surface area (Å²) >= 11 is 0. The predicted molar refractivity (Wildman–Crippen MR) is 98.5 cm³/mol. The normalized spacial score (nSPS) is 19.7. The van der Waals surface area contributed by atoms with Gasteiger partial charge in [-0.15, -0.1) is 12.4 Å². The maximum absolute atomic E-state index is 12.8. The van der Waals surface area contributed by atoms with Crippen LogP contribution in [0.15, 0.2) is 18.2 Å². The number of carbonyl (C=O) groups is 1. The molecule has 0 saturated carbocycles. The highest BCUT2D eigenvalue weighted by molar-refractivity contribution is 5.94. The summed E-state index contributed by atoms with van der Waals surface area (Å²) in [4.78, 5) is 14.8. The number of rotatable bonds is 3. The number of hydrogen-bond acceptors (Lipinski definition) is 2. The molecule has 0 aromatic heterocycles. The molecule has 1 saturated heterocycles. The van der Waals surface area contributed by atoms with Crippen LogP contribution >= 0.6 is 12.4 Å². The van der Waals surface area contributed by atoms with Gasteiger partial charge in [0.15, 0.2) is 0 Å². The Balaban J connectivity index is 0.00000192. The first kappa shape index (κ1) is 18.3. The molecule has 1 aromatic carbocycles. The summed E-state index contributed by atoms with van der Waals surface area (Å²) < 4.78 is 0. The van der Waals surface area contributed by atoms with Crippen molar-refractivity contribution in [3.63, 3.8) is 0 Å². The predicted octanol–water partition coefficient (Wildman–Crippen LogP) is 3.72.